The summed E-state index contributed by atoms with van der Waals surface area (Å²) in [5.41, 5.74) is 1.71. The van der Waals surface area contributed by atoms with Crippen LogP contribution < -0.4 is 4.52 Å². The van der Waals surface area contributed by atoms with Gasteiger partial charge in [0.1, 0.15) is 5.75 Å². The van der Waals surface area contributed by atoms with Crippen molar-refractivity contribution in [3.8, 4) is 5.75 Å². The van der Waals surface area contributed by atoms with Crippen LogP contribution in [0.1, 0.15) is 11.1 Å². The Morgan fingerprint density at radius 3 is 2.25 bits per heavy atom. The first kappa shape index (κ1) is 14.8. The van der Waals surface area contributed by atoms with E-state index in [1.807, 2.05) is 30.3 Å². The van der Waals surface area contributed by atoms with Crippen LogP contribution in [0.3, 0.4) is 0 Å². The summed E-state index contributed by atoms with van der Waals surface area (Å²) in [7, 11) is -3.17. The van der Waals surface area contributed by atoms with Gasteiger partial charge < -0.3 is 9.63 Å². The number of rotatable bonds is 6. The van der Waals surface area contributed by atoms with Gasteiger partial charge in [0, 0.05) is 6.66 Å². The summed E-state index contributed by atoms with van der Waals surface area (Å²) in [6.07, 6.45) is 0. The summed E-state index contributed by atoms with van der Waals surface area (Å²) >= 11 is 0. The van der Waals surface area contributed by atoms with Gasteiger partial charge in [0.25, 0.3) is 0 Å². The van der Waals surface area contributed by atoms with Crippen LogP contribution in [0.4, 0.5) is 0 Å². The maximum absolute atomic E-state index is 12.2. The summed E-state index contributed by atoms with van der Waals surface area (Å²) < 4.78 is 23.0. The summed E-state index contributed by atoms with van der Waals surface area (Å²) in [5, 5.41) is 8.95. The molecule has 0 saturated carbocycles. The molecular formula is C15H17O4P. The summed E-state index contributed by atoms with van der Waals surface area (Å²) in [6, 6.07) is 16.3. The second-order valence-corrected chi connectivity index (χ2v) is 6.41. The van der Waals surface area contributed by atoms with E-state index in [-0.39, 0.29) is 13.2 Å². The molecule has 106 valence electrons. The number of hydrogen-bond donors (Lipinski definition) is 1. The van der Waals surface area contributed by atoms with Gasteiger partial charge in [0.2, 0.25) is 0 Å². The van der Waals surface area contributed by atoms with Crippen LogP contribution in [0, 0.1) is 0 Å². The van der Waals surface area contributed by atoms with E-state index in [4.69, 9.17) is 14.2 Å². The van der Waals surface area contributed by atoms with Crippen LogP contribution in [-0.2, 0) is 22.3 Å². The van der Waals surface area contributed by atoms with Crippen LogP contribution in [0.25, 0.3) is 0 Å². The normalized spacial score (nSPS) is 13.7. The summed E-state index contributed by atoms with van der Waals surface area (Å²) in [5.74, 6) is 0.459. The Balaban J connectivity index is 1.94. The molecule has 0 aliphatic carbocycles. The maximum atomic E-state index is 12.2. The van der Waals surface area contributed by atoms with Gasteiger partial charge in [-0.1, -0.05) is 42.5 Å². The van der Waals surface area contributed by atoms with Crippen molar-refractivity contribution >= 4 is 7.60 Å². The monoisotopic (exact) mass is 292 g/mol. The minimum absolute atomic E-state index is 0.0332. The molecule has 1 N–H and O–H groups in total. The lowest BCUT2D eigenvalue weighted by Crippen LogP contribution is -1.97. The van der Waals surface area contributed by atoms with Crippen molar-refractivity contribution in [1.82, 2.24) is 0 Å². The first-order chi connectivity index (χ1) is 9.59. The summed E-state index contributed by atoms with van der Waals surface area (Å²) in [4.78, 5) is 0. The Bertz CT molecular complexity index is 581. The highest BCUT2D eigenvalue weighted by Crippen LogP contribution is 2.45. The van der Waals surface area contributed by atoms with Gasteiger partial charge >= 0.3 is 7.60 Å². The first-order valence-corrected chi connectivity index (χ1v) is 8.23. The van der Waals surface area contributed by atoms with Gasteiger partial charge in [0.05, 0.1) is 13.2 Å². The fourth-order valence-electron chi connectivity index (χ4n) is 1.64. The lowest BCUT2D eigenvalue weighted by atomic mass is 10.2. The van der Waals surface area contributed by atoms with Gasteiger partial charge in [-0.25, -0.2) is 4.57 Å². The predicted octanol–water partition coefficient (Wildman–Crippen LogP) is 3.60. The van der Waals surface area contributed by atoms with E-state index < -0.39 is 7.60 Å². The zero-order chi connectivity index (χ0) is 14.4. The highest BCUT2D eigenvalue weighted by molar-refractivity contribution is 7.53. The molecule has 2 rings (SSSR count). The van der Waals surface area contributed by atoms with Crippen molar-refractivity contribution in [2.45, 2.75) is 13.2 Å². The highest BCUT2D eigenvalue weighted by atomic mass is 31.2. The smallest absolute Gasteiger partial charge is 0.376 e. The van der Waals surface area contributed by atoms with Crippen molar-refractivity contribution in [1.29, 1.82) is 0 Å². The molecular weight excluding hydrogens is 275 g/mol. The molecule has 0 aliphatic heterocycles. The first-order valence-electron chi connectivity index (χ1n) is 6.24. The third-order valence-electron chi connectivity index (χ3n) is 2.69. The molecule has 0 saturated heterocycles. The molecule has 4 nitrogen and oxygen atoms in total. The van der Waals surface area contributed by atoms with E-state index in [2.05, 4.69) is 0 Å². The highest BCUT2D eigenvalue weighted by Gasteiger charge is 2.18. The van der Waals surface area contributed by atoms with Gasteiger partial charge in [-0.05, 0) is 23.3 Å². The van der Waals surface area contributed by atoms with Gasteiger partial charge in [-0.2, -0.15) is 0 Å². The molecule has 0 aliphatic rings. The Kier molecular flexibility index (Phi) is 4.96. The lowest BCUT2D eigenvalue weighted by molar-refractivity contribution is 0.260. The molecule has 0 fully saturated rings. The van der Waals surface area contributed by atoms with Crippen molar-refractivity contribution in [3.05, 3.63) is 65.7 Å². The van der Waals surface area contributed by atoms with Crippen LogP contribution in [0.5, 0.6) is 5.75 Å². The average Bonchev–Trinajstić information content (AvgIpc) is 2.47. The zero-order valence-corrected chi connectivity index (χ0v) is 12.1. The SMILES string of the molecule is CP(=O)(OCc1ccccc1)Oc1ccc(CO)cc1. The number of hydrogen-bond acceptors (Lipinski definition) is 4. The Labute approximate surface area is 118 Å². The minimum Gasteiger partial charge on any atom is -0.425 e. The van der Waals surface area contributed by atoms with Gasteiger partial charge in [-0.15, -0.1) is 0 Å². The Hall–Kier alpha value is -1.61. The van der Waals surface area contributed by atoms with Crippen molar-refractivity contribution in [2.24, 2.45) is 0 Å². The molecule has 0 radical (unpaired) electrons. The van der Waals surface area contributed by atoms with Crippen LogP contribution in [-0.4, -0.2) is 11.8 Å². The average molecular weight is 292 g/mol. The van der Waals surface area contributed by atoms with E-state index in [0.717, 1.165) is 11.1 Å². The number of aliphatic hydroxyl groups is 1. The molecule has 1 unspecified atom stereocenters. The van der Waals surface area contributed by atoms with Crippen LogP contribution >= 0.6 is 7.60 Å². The summed E-state index contributed by atoms with van der Waals surface area (Å²) in [6.45, 7) is 1.65. The molecule has 20 heavy (non-hydrogen) atoms. The predicted molar refractivity (Wildman–Crippen MR) is 77.8 cm³/mol. The molecule has 0 aromatic heterocycles. The van der Waals surface area contributed by atoms with Crippen molar-refractivity contribution < 1.29 is 18.7 Å². The zero-order valence-electron chi connectivity index (χ0n) is 11.2. The van der Waals surface area contributed by atoms with Crippen LogP contribution in [0.2, 0.25) is 0 Å². The quantitative estimate of drug-likeness (QED) is 0.826. The van der Waals surface area contributed by atoms with E-state index >= 15 is 0 Å². The third kappa shape index (κ3) is 4.49. The fourth-order valence-corrected chi connectivity index (χ4v) is 2.58. The van der Waals surface area contributed by atoms with Crippen LogP contribution in [0.15, 0.2) is 54.6 Å². The molecule has 0 spiro atoms. The van der Waals surface area contributed by atoms with Gasteiger partial charge in [0.15, 0.2) is 0 Å². The van der Waals surface area contributed by atoms with E-state index in [0.29, 0.717) is 5.75 Å². The molecule has 2 aromatic carbocycles. The largest absolute Gasteiger partial charge is 0.425 e. The standard InChI is InChI=1S/C15H17O4P/c1-20(17,18-12-14-5-3-2-4-6-14)19-15-9-7-13(11-16)8-10-15/h2-10,16H,11-12H2,1H3. The number of benzene rings is 2. The second kappa shape index (κ2) is 6.71. The topological polar surface area (TPSA) is 55.8 Å². The lowest BCUT2D eigenvalue weighted by Gasteiger charge is -2.15. The van der Waals surface area contributed by atoms with E-state index in [9.17, 15) is 4.57 Å². The fraction of sp³-hybridized carbons (Fsp3) is 0.200. The molecule has 0 bridgehead atoms. The number of aliphatic hydroxyl groups excluding tert-OH is 1. The maximum Gasteiger partial charge on any atom is 0.376 e. The molecule has 0 amide bonds. The Morgan fingerprint density at radius 2 is 1.65 bits per heavy atom. The molecule has 0 heterocycles. The minimum atomic E-state index is -3.17. The second-order valence-electron chi connectivity index (χ2n) is 4.42. The van der Waals surface area contributed by atoms with Crippen molar-refractivity contribution in [3.63, 3.8) is 0 Å². The Morgan fingerprint density at radius 1 is 1.00 bits per heavy atom. The molecule has 1 atom stereocenters. The van der Waals surface area contributed by atoms with Gasteiger partial charge in [-0.3, -0.25) is 4.52 Å². The molecule has 2 aromatic rings. The van der Waals surface area contributed by atoms with E-state index in [1.54, 1.807) is 24.3 Å². The third-order valence-corrected chi connectivity index (χ3v) is 3.83. The van der Waals surface area contributed by atoms with E-state index in [1.165, 1.54) is 6.66 Å². The molecule has 5 heteroatoms. The van der Waals surface area contributed by atoms with Crippen molar-refractivity contribution in [2.75, 3.05) is 6.66 Å².